The summed E-state index contributed by atoms with van der Waals surface area (Å²) in [5.74, 6) is 0.435. The number of phenolic OH excluding ortho intramolecular Hbond substituents is 1. The Balaban J connectivity index is 2.06. The first-order chi connectivity index (χ1) is 8.16. The molecule has 1 unspecified atom stereocenters. The zero-order valence-corrected chi connectivity index (χ0v) is 10.6. The molecular formula is C14H21NO2. The molecule has 0 saturated carbocycles. The van der Waals surface area contributed by atoms with Crippen molar-refractivity contribution >= 4 is 0 Å². The van der Waals surface area contributed by atoms with Crippen LogP contribution in [0.15, 0.2) is 18.2 Å². The summed E-state index contributed by atoms with van der Waals surface area (Å²) >= 11 is 0. The van der Waals surface area contributed by atoms with Gasteiger partial charge in [-0.25, -0.2) is 0 Å². The van der Waals surface area contributed by atoms with Crippen molar-refractivity contribution in [1.82, 2.24) is 4.90 Å². The van der Waals surface area contributed by atoms with Crippen LogP contribution in [0.3, 0.4) is 0 Å². The van der Waals surface area contributed by atoms with E-state index in [4.69, 9.17) is 4.74 Å². The number of hydrogen-bond acceptors (Lipinski definition) is 3. The molecule has 1 aromatic carbocycles. The van der Waals surface area contributed by atoms with Gasteiger partial charge in [0, 0.05) is 31.8 Å². The van der Waals surface area contributed by atoms with E-state index in [0.29, 0.717) is 5.75 Å². The van der Waals surface area contributed by atoms with E-state index in [1.54, 1.807) is 0 Å². The summed E-state index contributed by atoms with van der Waals surface area (Å²) in [5, 5.41) is 10.0. The lowest BCUT2D eigenvalue weighted by molar-refractivity contribution is 0.0667. The van der Waals surface area contributed by atoms with Crippen molar-refractivity contribution in [1.29, 1.82) is 0 Å². The van der Waals surface area contributed by atoms with E-state index in [2.05, 4.69) is 11.8 Å². The van der Waals surface area contributed by atoms with Gasteiger partial charge in [0.1, 0.15) is 5.75 Å². The standard InChI is InChI=1S/C14H21NO2/c1-11-5-3-6-13(14(11)16)10-15-7-4-8-17-12(2)9-15/h3,5-6,12,16H,4,7-10H2,1-2H3. The number of benzene rings is 1. The predicted molar refractivity (Wildman–Crippen MR) is 68.2 cm³/mol. The van der Waals surface area contributed by atoms with Gasteiger partial charge in [-0.1, -0.05) is 18.2 Å². The molecule has 0 spiro atoms. The normalized spacial score (nSPS) is 22.4. The van der Waals surface area contributed by atoms with Crippen molar-refractivity contribution in [2.75, 3.05) is 19.7 Å². The highest BCUT2D eigenvalue weighted by Crippen LogP contribution is 2.23. The van der Waals surface area contributed by atoms with Gasteiger partial charge in [-0.3, -0.25) is 4.90 Å². The summed E-state index contributed by atoms with van der Waals surface area (Å²) in [6.45, 7) is 7.67. The minimum atomic E-state index is 0.282. The molecule has 3 heteroatoms. The fourth-order valence-corrected chi connectivity index (χ4v) is 2.31. The van der Waals surface area contributed by atoms with E-state index in [1.807, 2.05) is 25.1 Å². The number of para-hydroxylation sites is 1. The van der Waals surface area contributed by atoms with Crippen LogP contribution in [0.2, 0.25) is 0 Å². The first kappa shape index (κ1) is 12.4. The summed E-state index contributed by atoms with van der Waals surface area (Å²) in [4.78, 5) is 2.35. The van der Waals surface area contributed by atoms with E-state index in [0.717, 1.165) is 43.8 Å². The van der Waals surface area contributed by atoms with Crippen molar-refractivity contribution in [2.24, 2.45) is 0 Å². The van der Waals surface area contributed by atoms with Crippen LogP contribution >= 0.6 is 0 Å². The van der Waals surface area contributed by atoms with E-state index < -0.39 is 0 Å². The van der Waals surface area contributed by atoms with Crippen LogP contribution in [0.1, 0.15) is 24.5 Å². The van der Waals surface area contributed by atoms with Crippen LogP contribution in [0.4, 0.5) is 0 Å². The number of rotatable bonds is 2. The van der Waals surface area contributed by atoms with Gasteiger partial charge in [0.2, 0.25) is 0 Å². The second-order valence-corrected chi connectivity index (χ2v) is 4.85. The third kappa shape index (κ3) is 3.20. The molecule has 0 amide bonds. The molecule has 94 valence electrons. The molecule has 2 rings (SSSR count). The van der Waals surface area contributed by atoms with Gasteiger partial charge in [-0.05, 0) is 25.8 Å². The van der Waals surface area contributed by atoms with Crippen LogP contribution in [0, 0.1) is 6.92 Å². The molecule has 1 N–H and O–H groups in total. The maximum absolute atomic E-state index is 10.0. The average Bonchev–Trinajstić information content (AvgIpc) is 2.49. The lowest BCUT2D eigenvalue weighted by Crippen LogP contribution is -2.29. The van der Waals surface area contributed by atoms with Gasteiger partial charge in [0.25, 0.3) is 0 Å². The molecule has 0 aromatic heterocycles. The molecule has 1 heterocycles. The molecule has 1 aliphatic rings. The van der Waals surface area contributed by atoms with Crippen LogP contribution in [-0.4, -0.2) is 35.8 Å². The van der Waals surface area contributed by atoms with Crippen LogP contribution in [-0.2, 0) is 11.3 Å². The molecule has 1 saturated heterocycles. The van der Waals surface area contributed by atoms with E-state index in [1.165, 1.54) is 0 Å². The summed E-state index contributed by atoms with van der Waals surface area (Å²) in [7, 11) is 0. The molecular weight excluding hydrogens is 214 g/mol. The monoisotopic (exact) mass is 235 g/mol. The Labute approximate surface area is 103 Å². The Bertz CT molecular complexity index is 378. The summed E-state index contributed by atoms with van der Waals surface area (Å²) in [6.07, 6.45) is 1.35. The van der Waals surface area contributed by atoms with Gasteiger partial charge in [-0.15, -0.1) is 0 Å². The van der Waals surface area contributed by atoms with E-state index >= 15 is 0 Å². The maximum Gasteiger partial charge on any atom is 0.122 e. The second kappa shape index (κ2) is 5.52. The molecule has 17 heavy (non-hydrogen) atoms. The number of aromatic hydroxyl groups is 1. The Hall–Kier alpha value is -1.06. The lowest BCUT2D eigenvalue weighted by atomic mass is 10.1. The minimum Gasteiger partial charge on any atom is -0.507 e. The minimum absolute atomic E-state index is 0.282. The van der Waals surface area contributed by atoms with Gasteiger partial charge in [-0.2, -0.15) is 0 Å². The van der Waals surface area contributed by atoms with Crippen molar-refractivity contribution in [3.05, 3.63) is 29.3 Å². The summed E-state index contributed by atoms with van der Waals surface area (Å²) < 4.78 is 5.62. The highest BCUT2D eigenvalue weighted by Gasteiger charge is 2.16. The molecule has 1 aliphatic heterocycles. The third-order valence-electron chi connectivity index (χ3n) is 3.25. The second-order valence-electron chi connectivity index (χ2n) is 4.85. The quantitative estimate of drug-likeness (QED) is 0.854. The van der Waals surface area contributed by atoms with Crippen molar-refractivity contribution < 1.29 is 9.84 Å². The molecule has 1 fully saturated rings. The number of hydrogen-bond donors (Lipinski definition) is 1. The Morgan fingerprint density at radius 3 is 3.12 bits per heavy atom. The zero-order chi connectivity index (χ0) is 12.3. The first-order valence-corrected chi connectivity index (χ1v) is 6.28. The molecule has 1 aromatic rings. The number of aryl methyl sites for hydroxylation is 1. The number of phenols is 1. The molecule has 0 radical (unpaired) electrons. The maximum atomic E-state index is 10.0. The van der Waals surface area contributed by atoms with Crippen LogP contribution in [0.25, 0.3) is 0 Å². The van der Waals surface area contributed by atoms with Gasteiger partial charge in [0.15, 0.2) is 0 Å². The van der Waals surface area contributed by atoms with Crippen LogP contribution in [0.5, 0.6) is 5.75 Å². The molecule has 0 aliphatic carbocycles. The predicted octanol–water partition coefficient (Wildman–Crippen LogP) is 2.31. The summed E-state index contributed by atoms with van der Waals surface area (Å²) in [5.41, 5.74) is 1.96. The summed E-state index contributed by atoms with van der Waals surface area (Å²) in [6, 6.07) is 5.94. The highest BCUT2D eigenvalue weighted by molar-refractivity contribution is 5.39. The van der Waals surface area contributed by atoms with Crippen molar-refractivity contribution in [3.63, 3.8) is 0 Å². The third-order valence-corrected chi connectivity index (χ3v) is 3.25. The molecule has 0 bridgehead atoms. The van der Waals surface area contributed by atoms with Crippen molar-refractivity contribution in [2.45, 2.75) is 32.9 Å². The largest absolute Gasteiger partial charge is 0.507 e. The number of ether oxygens (including phenoxy) is 1. The highest BCUT2D eigenvalue weighted by atomic mass is 16.5. The fraction of sp³-hybridized carbons (Fsp3) is 0.571. The average molecular weight is 235 g/mol. The Morgan fingerprint density at radius 1 is 1.47 bits per heavy atom. The first-order valence-electron chi connectivity index (χ1n) is 6.28. The van der Waals surface area contributed by atoms with Gasteiger partial charge in [0.05, 0.1) is 6.10 Å². The smallest absolute Gasteiger partial charge is 0.122 e. The SMILES string of the molecule is Cc1cccc(CN2CCCOC(C)C2)c1O. The fourth-order valence-electron chi connectivity index (χ4n) is 2.31. The topological polar surface area (TPSA) is 32.7 Å². The van der Waals surface area contributed by atoms with E-state index in [9.17, 15) is 5.11 Å². The molecule has 1 atom stereocenters. The Morgan fingerprint density at radius 2 is 2.29 bits per heavy atom. The Kier molecular flexibility index (Phi) is 4.02. The van der Waals surface area contributed by atoms with Crippen LogP contribution < -0.4 is 0 Å². The zero-order valence-electron chi connectivity index (χ0n) is 10.6. The lowest BCUT2D eigenvalue weighted by Gasteiger charge is -2.22. The van der Waals surface area contributed by atoms with Gasteiger partial charge >= 0.3 is 0 Å². The number of nitrogens with zero attached hydrogens (tertiary/aromatic N) is 1. The van der Waals surface area contributed by atoms with Gasteiger partial charge < -0.3 is 9.84 Å². The van der Waals surface area contributed by atoms with E-state index in [-0.39, 0.29) is 6.10 Å². The molecule has 3 nitrogen and oxygen atoms in total. The van der Waals surface area contributed by atoms with Crippen molar-refractivity contribution in [3.8, 4) is 5.75 Å².